The minimum atomic E-state index is -0.701. The van der Waals surface area contributed by atoms with Crippen molar-refractivity contribution in [3.05, 3.63) is 24.2 Å². The van der Waals surface area contributed by atoms with E-state index in [4.69, 9.17) is 4.42 Å². The third-order valence-corrected chi connectivity index (χ3v) is 4.62. The van der Waals surface area contributed by atoms with Crippen molar-refractivity contribution in [2.75, 3.05) is 7.05 Å². The molecule has 0 radical (unpaired) electrons. The van der Waals surface area contributed by atoms with E-state index in [0.29, 0.717) is 0 Å². The number of hydrogen-bond acceptors (Lipinski definition) is 3. The average Bonchev–Trinajstić information content (AvgIpc) is 2.91. The van der Waals surface area contributed by atoms with E-state index in [9.17, 15) is 9.90 Å². The van der Waals surface area contributed by atoms with Gasteiger partial charge in [-0.15, -0.1) is 0 Å². The van der Waals surface area contributed by atoms with Gasteiger partial charge in [0, 0.05) is 17.1 Å². The zero-order valence-corrected chi connectivity index (χ0v) is 11.8. The highest BCUT2D eigenvalue weighted by atomic mass is 16.4. The number of rotatable bonds is 5. The molecule has 1 aromatic rings. The summed E-state index contributed by atoms with van der Waals surface area (Å²) >= 11 is 0. The monoisotopic (exact) mass is 265 g/mol. The van der Waals surface area contributed by atoms with Crippen molar-refractivity contribution in [3.63, 3.8) is 0 Å². The molecule has 0 aromatic carbocycles. The number of hydrogen-bond donors (Lipinski definition) is 1. The molecule has 19 heavy (non-hydrogen) atoms. The van der Waals surface area contributed by atoms with Crippen LogP contribution >= 0.6 is 0 Å². The van der Waals surface area contributed by atoms with Crippen LogP contribution in [-0.2, 0) is 4.79 Å². The van der Waals surface area contributed by atoms with Crippen LogP contribution in [-0.4, -0.2) is 28.6 Å². The van der Waals surface area contributed by atoms with Crippen LogP contribution < -0.4 is 0 Å². The molecule has 4 heteroatoms. The maximum absolute atomic E-state index is 11.2. The molecule has 0 amide bonds. The first-order valence-electron chi connectivity index (χ1n) is 7.02. The van der Waals surface area contributed by atoms with Gasteiger partial charge in [0.15, 0.2) is 0 Å². The van der Waals surface area contributed by atoms with Crippen molar-refractivity contribution in [1.82, 2.24) is 4.90 Å². The highest BCUT2D eigenvalue weighted by Gasteiger charge is 2.40. The van der Waals surface area contributed by atoms with Gasteiger partial charge in [-0.25, -0.2) is 0 Å². The van der Waals surface area contributed by atoms with Gasteiger partial charge >= 0.3 is 5.97 Å². The van der Waals surface area contributed by atoms with Crippen LogP contribution in [0.1, 0.15) is 57.1 Å². The molecule has 1 atom stereocenters. The largest absolute Gasteiger partial charge is 0.481 e. The highest BCUT2D eigenvalue weighted by molar-refractivity contribution is 5.68. The lowest BCUT2D eigenvalue weighted by Gasteiger charge is -2.46. The molecule has 1 heterocycles. The fourth-order valence-electron chi connectivity index (χ4n) is 3.29. The molecule has 1 saturated carbocycles. The summed E-state index contributed by atoms with van der Waals surface area (Å²) in [6, 6.07) is 2.13. The summed E-state index contributed by atoms with van der Waals surface area (Å²) in [7, 11) is 2.05. The van der Waals surface area contributed by atoms with Crippen LogP contribution in [0.5, 0.6) is 0 Å². The smallest absolute Gasteiger partial charge is 0.305 e. The second kappa shape index (κ2) is 5.78. The molecular formula is C15H23NO3. The van der Waals surface area contributed by atoms with Gasteiger partial charge in [0.1, 0.15) is 0 Å². The Morgan fingerprint density at radius 3 is 2.68 bits per heavy atom. The van der Waals surface area contributed by atoms with E-state index in [1.807, 2.05) is 13.1 Å². The van der Waals surface area contributed by atoms with Gasteiger partial charge in [-0.05, 0) is 32.9 Å². The SMILES string of the molecule is CC(c1ccoc1)N(C)C1(CC(=O)O)CCCCC1. The predicted molar refractivity (Wildman–Crippen MR) is 73.0 cm³/mol. The Morgan fingerprint density at radius 2 is 2.16 bits per heavy atom. The molecule has 0 saturated heterocycles. The Balaban J connectivity index is 2.19. The van der Waals surface area contributed by atoms with Gasteiger partial charge in [-0.3, -0.25) is 9.69 Å². The van der Waals surface area contributed by atoms with E-state index < -0.39 is 5.97 Å². The zero-order valence-electron chi connectivity index (χ0n) is 11.8. The summed E-state index contributed by atoms with van der Waals surface area (Å²) < 4.78 is 5.14. The first-order chi connectivity index (χ1) is 9.05. The number of furan rings is 1. The molecule has 4 nitrogen and oxygen atoms in total. The normalized spacial score (nSPS) is 20.4. The second-order valence-electron chi connectivity index (χ2n) is 5.70. The van der Waals surface area contributed by atoms with Crippen LogP contribution in [0.15, 0.2) is 23.0 Å². The minimum Gasteiger partial charge on any atom is -0.481 e. The van der Waals surface area contributed by atoms with Crippen LogP contribution in [0.3, 0.4) is 0 Å². The first-order valence-corrected chi connectivity index (χ1v) is 7.02. The van der Waals surface area contributed by atoms with Gasteiger partial charge in [0.05, 0.1) is 18.9 Å². The lowest BCUT2D eigenvalue weighted by atomic mass is 9.77. The molecule has 1 aromatic heterocycles. The van der Waals surface area contributed by atoms with E-state index in [0.717, 1.165) is 31.2 Å². The lowest BCUT2D eigenvalue weighted by molar-refractivity contribution is -0.141. The van der Waals surface area contributed by atoms with Crippen LogP contribution in [0.4, 0.5) is 0 Å². The van der Waals surface area contributed by atoms with Gasteiger partial charge in [-0.2, -0.15) is 0 Å². The molecule has 0 spiro atoms. The van der Waals surface area contributed by atoms with Crippen molar-refractivity contribution in [1.29, 1.82) is 0 Å². The summed E-state index contributed by atoms with van der Waals surface area (Å²) in [5, 5.41) is 9.25. The van der Waals surface area contributed by atoms with Crippen LogP contribution in [0.2, 0.25) is 0 Å². The highest BCUT2D eigenvalue weighted by Crippen LogP contribution is 2.40. The molecule has 2 rings (SSSR count). The predicted octanol–water partition coefficient (Wildman–Crippen LogP) is 3.45. The standard InChI is InChI=1S/C15H23NO3/c1-12(13-6-9-19-11-13)16(2)15(10-14(17)18)7-4-3-5-8-15/h6,9,11-12H,3-5,7-8,10H2,1-2H3,(H,17,18). The third kappa shape index (κ3) is 3.00. The molecule has 106 valence electrons. The molecular weight excluding hydrogens is 242 g/mol. The fourth-order valence-corrected chi connectivity index (χ4v) is 3.29. The summed E-state index contributed by atoms with van der Waals surface area (Å²) in [5.41, 5.74) is 0.902. The molecule has 1 N–H and O–H groups in total. The van der Waals surface area contributed by atoms with E-state index in [1.165, 1.54) is 6.42 Å². The van der Waals surface area contributed by atoms with Gasteiger partial charge in [0.25, 0.3) is 0 Å². The molecule has 0 aliphatic heterocycles. The summed E-state index contributed by atoms with van der Waals surface area (Å²) in [5.74, 6) is -0.701. The quantitative estimate of drug-likeness (QED) is 0.886. The van der Waals surface area contributed by atoms with Crippen molar-refractivity contribution >= 4 is 5.97 Å². The Hall–Kier alpha value is -1.29. The maximum atomic E-state index is 11.2. The average molecular weight is 265 g/mol. The molecule has 1 aliphatic carbocycles. The van der Waals surface area contributed by atoms with E-state index in [1.54, 1.807) is 12.5 Å². The third-order valence-electron chi connectivity index (χ3n) is 4.62. The van der Waals surface area contributed by atoms with Crippen molar-refractivity contribution < 1.29 is 14.3 Å². The number of carbonyl (C=O) groups is 1. The summed E-state index contributed by atoms with van der Waals surface area (Å²) in [6.07, 6.45) is 9.05. The minimum absolute atomic E-state index is 0.177. The molecule has 1 fully saturated rings. The molecule has 1 unspecified atom stereocenters. The maximum Gasteiger partial charge on any atom is 0.305 e. The summed E-state index contributed by atoms with van der Waals surface area (Å²) in [4.78, 5) is 13.5. The number of nitrogens with zero attached hydrogens (tertiary/aromatic N) is 1. The zero-order chi connectivity index (χ0) is 13.9. The van der Waals surface area contributed by atoms with Gasteiger partial charge in [0.2, 0.25) is 0 Å². The lowest BCUT2D eigenvalue weighted by Crippen LogP contribution is -2.50. The van der Waals surface area contributed by atoms with Crippen molar-refractivity contribution in [2.45, 2.75) is 57.0 Å². The Labute approximate surface area is 114 Å². The van der Waals surface area contributed by atoms with Crippen molar-refractivity contribution in [3.8, 4) is 0 Å². The van der Waals surface area contributed by atoms with E-state index >= 15 is 0 Å². The van der Waals surface area contributed by atoms with Gasteiger partial charge < -0.3 is 9.52 Å². The Bertz CT molecular complexity index is 407. The van der Waals surface area contributed by atoms with E-state index in [2.05, 4.69) is 11.8 Å². The van der Waals surface area contributed by atoms with Crippen molar-refractivity contribution in [2.24, 2.45) is 0 Å². The number of carboxylic acid groups (broad SMARTS) is 1. The second-order valence-corrected chi connectivity index (χ2v) is 5.70. The summed E-state index contributed by atoms with van der Waals surface area (Å²) in [6.45, 7) is 2.11. The van der Waals surface area contributed by atoms with Gasteiger partial charge in [-0.1, -0.05) is 19.3 Å². The fraction of sp³-hybridized carbons (Fsp3) is 0.667. The number of aliphatic carboxylic acids is 1. The Kier molecular flexibility index (Phi) is 4.30. The van der Waals surface area contributed by atoms with E-state index in [-0.39, 0.29) is 18.0 Å². The first kappa shape index (κ1) is 14.1. The number of carboxylic acids is 1. The Morgan fingerprint density at radius 1 is 1.47 bits per heavy atom. The molecule has 1 aliphatic rings. The van der Waals surface area contributed by atoms with Crippen LogP contribution in [0.25, 0.3) is 0 Å². The van der Waals surface area contributed by atoms with Crippen LogP contribution in [0, 0.1) is 0 Å². The topological polar surface area (TPSA) is 53.7 Å². The molecule has 0 bridgehead atoms.